The van der Waals surface area contributed by atoms with Crippen molar-refractivity contribution in [3.8, 4) is 0 Å². The van der Waals surface area contributed by atoms with Crippen LogP contribution in [0.3, 0.4) is 0 Å². The smallest absolute Gasteiger partial charge is 0.341 e. The van der Waals surface area contributed by atoms with Gasteiger partial charge in [0, 0.05) is 0 Å². The SMILES string of the molecule is CSC(SC)=C(C(C)=O)C(=O)O. The van der Waals surface area contributed by atoms with Gasteiger partial charge in [-0.15, -0.1) is 23.5 Å². The first kappa shape index (κ1) is 11.6. The van der Waals surface area contributed by atoms with Crippen molar-refractivity contribution in [1.29, 1.82) is 0 Å². The number of aliphatic carboxylic acids is 1. The predicted octanol–water partition coefficient (Wildman–Crippen LogP) is 1.60. The van der Waals surface area contributed by atoms with E-state index in [0.29, 0.717) is 4.24 Å². The van der Waals surface area contributed by atoms with E-state index in [1.807, 2.05) is 0 Å². The van der Waals surface area contributed by atoms with Crippen LogP contribution in [-0.2, 0) is 9.59 Å². The van der Waals surface area contributed by atoms with Gasteiger partial charge in [-0.2, -0.15) is 0 Å². The maximum absolute atomic E-state index is 10.9. The minimum Gasteiger partial charge on any atom is -0.478 e. The summed E-state index contributed by atoms with van der Waals surface area (Å²) in [6.07, 6.45) is 3.50. The molecule has 5 heteroatoms. The molecule has 0 amide bonds. The average Bonchev–Trinajstić information content (AvgIpc) is 1.98. The molecule has 0 bridgehead atoms. The van der Waals surface area contributed by atoms with Crippen LogP contribution in [0.25, 0.3) is 0 Å². The number of rotatable bonds is 4. The average molecular weight is 206 g/mol. The summed E-state index contributed by atoms with van der Waals surface area (Å²) >= 11 is 2.55. The molecule has 0 radical (unpaired) electrons. The van der Waals surface area contributed by atoms with Crippen molar-refractivity contribution in [2.45, 2.75) is 6.92 Å². The van der Waals surface area contributed by atoms with E-state index in [1.54, 1.807) is 12.5 Å². The first-order valence-corrected chi connectivity index (χ1v) is 5.56. The van der Waals surface area contributed by atoms with Crippen molar-refractivity contribution >= 4 is 35.3 Å². The number of hydrogen-bond donors (Lipinski definition) is 1. The highest BCUT2D eigenvalue weighted by Gasteiger charge is 2.17. The molecule has 0 rings (SSSR count). The lowest BCUT2D eigenvalue weighted by molar-refractivity contribution is -0.134. The lowest BCUT2D eigenvalue weighted by atomic mass is 10.2. The molecule has 1 N–H and O–H groups in total. The van der Waals surface area contributed by atoms with Gasteiger partial charge < -0.3 is 5.11 Å². The Balaban J connectivity index is 5.03. The minimum absolute atomic E-state index is 0.116. The molecule has 0 aliphatic carbocycles. The summed E-state index contributed by atoms with van der Waals surface area (Å²) in [6, 6.07) is 0. The zero-order chi connectivity index (χ0) is 9.72. The number of Topliss-reactive ketones (excluding diaryl/α,β-unsaturated/α-hetero) is 1. The first-order valence-electron chi connectivity index (χ1n) is 3.11. The monoisotopic (exact) mass is 206 g/mol. The molecule has 0 saturated heterocycles. The van der Waals surface area contributed by atoms with Crippen LogP contribution < -0.4 is 0 Å². The molecule has 0 heterocycles. The quantitative estimate of drug-likeness (QED) is 0.430. The van der Waals surface area contributed by atoms with Gasteiger partial charge in [-0.3, -0.25) is 4.79 Å². The van der Waals surface area contributed by atoms with Crippen LogP contribution in [0.5, 0.6) is 0 Å². The summed E-state index contributed by atoms with van der Waals surface area (Å²) in [5, 5.41) is 8.67. The largest absolute Gasteiger partial charge is 0.478 e. The lowest BCUT2D eigenvalue weighted by Crippen LogP contribution is -2.10. The maximum atomic E-state index is 10.9. The normalized spacial score (nSPS) is 9.25. The molecule has 0 aromatic carbocycles. The van der Waals surface area contributed by atoms with Crippen molar-refractivity contribution in [3.63, 3.8) is 0 Å². The fourth-order valence-corrected chi connectivity index (χ4v) is 2.21. The second-order valence-electron chi connectivity index (χ2n) is 1.93. The highest BCUT2D eigenvalue weighted by atomic mass is 32.2. The van der Waals surface area contributed by atoms with E-state index in [2.05, 4.69) is 0 Å². The highest BCUT2D eigenvalue weighted by molar-refractivity contribution is 8.21. The van der Waals surface area contributed by atoms with E-state index in [1.165, 1.54) is 30.4 Å². The number of carboxylic acid groups (broad SMARTS) is 1. The fraction of sp³-hybridized carbons (Fsp3) is 0.429. The molecule has 0 fully saturated rings. The van der Waals surface area contributed by atoms with E-state index < -0.39 is 11.8 Å². The Morgan fingerprint density at radius 2 is 1.58 bits per heavy atom. The van der Waals surface area contributed by atoms with Crippen molar-refractivity contribution < 1.29 is 14.7 Å². The van der Waals surface area contributed by atoms with Gasteiger partial charge in [-0.25, -0.2) is 4.79 Å². The molecule has 0 atom stereocenters. The first-order chi connectivity index (χ1) is 5.54. The third-order valence-electron chi connectivity index (χ3n) is 1.14. The molecule has 0 aliphatic heterocycles. The fourth-order valence-electron chi connectivity index (χ4n) is 0.669. The van der Waals surface area contributed by atoms with Gasteiger partial charge in [0.05, 0.1) is 4.24 Å². The van der Waals surface area contributed by atoms with Crippen molar-refractivity contribution in [1.82, 2.24) is 0 Å². The van der Waals surface area contributed by atoms with Crippen LogP contribution in [0.4, 0.5) is 0 Å². The third-order valence-corrected chi connectivity index (χ3v) is 3.29. The minimum atomic E-state index is -1.15. The number of thioether (sulfide) groups is 2. The van der Waals surface area contributed by atoms with Gasteiger partial charge >= 0.3 is 5.97 Å². The molecular weight excluding hydrogens is 196 g/mol. The summed E-state index contributed by atoms with van der Waals surface area (Å²) in [6.45, 7) is 1.26. The molecule has 3 nitrogen and oxygen atoms in total. The molecule has 0 aromatic rings. The second-order valence-corrected chi connectivity index (χ2v) is 3.82. The molecule has 0 spiro atoms. The Hall–Kier alpha value is -0.420. The summed E-state index contributed by atoms with van der Waals surface area (Å²) in [4.78, 5) is 21.5. The molecule has 0 aromatic heterocycles. The Bertz CT molecular complexity index is 211. The zero-order valence-corrected chi connectivity index (χ0v) is 8.71. The number of ketones is 1. The number of carboxylic acids is 1. The van der Waals surface area contributed by atoms with Gasteiger partial charge in [0.15, 0.2) is 5.78 Å². The number of hydrogen-bond acceptors (Lipinski definition) is 4. The Labute approximate surface area is 79.6 Å². The van der Waals surface area contributed by atoms with Crippen molar-refractivity contribution in [3.05, 3.63) is 9.81 Å². The van der Waals surface area contributed by atoms with Gasteiger partial charge in [0.2, 0.25) is 0 Å². The molecular formula is C7H10O3S2. The molecule has 12 heavy (non-hydrogen) atoms. The van der Waals surface area contributed by atoms with E-state index in [-0.39, 0.29) is 5.57 Å². The van der Waals surface area contributed by atoms with Gasteiger partial charge in [-0.1, -0.05) is 0 Å². The summed E-state index contributed by atoms with van der Waals surface area (Å²) < 4.78 is 0.551. The predicted molar refractivity (Wildman–Crippen MR) is 52.4 cm³/mol. The lowest BCUT2D eigenvalue weighted by Gasteiger charge is -2.03. The Morgan fingerprint density at radius 1 is 1.17 bits per heavy atom. The third kappa shape index (κ3) is 2.91. The topological polar surface area (TPSA) is 54.4 Å². The Morgan fingerprint density at radius 3 is 1.67 bits per heavy atom. The zero-order valence-electron chi connectivity index (χ0n) is 7.08. The summed E-state index contributed by atoms with van der Waals surface area (Å²) in [7, 11) is 0. The highest BCUT2D eigenvalue weighted by Crippen LogP contribution is 2.27. The number of carbonyl (C=O) groups excluding carboxylic acids is 1. The molecule has 0 aliphatic rings. The summed E-state index contributed by atoms with van der Waals surface area (Å²) in [5.74, 6) is -1.55. The van der Waals surface area contributed by atoms with Crippen LogP contribution in [0, 0.1) is 0 Å². The van der Waals surface area contributed by atoms with Crippen LogP contribution in [-0.4, -0.2) is 29.4 Å². The van der Waals surface area contributed by atoms with Crippen LogP contribution in [0.15, 0.2) is 9.81 Å². The van der Waals surface area contributed by atoms with Gasteiger partial charge in [-0.05, 0) is 19.4 Å². The van der Waals surface area contributed by atoms with Crippen molar-refractivity contribution in [2.75, 3.05) is 12.5 Å². The van der Waals surface area contributed by atoms with E-state index >= 15 is 0 Å². The van der Waals surface area contributed by atoms with Crippen LogP contribution >= 0.6 is 23.5 Å². The molecule has 68 valence electrons. The van der Waals surface area contributed by atoms with E-state index in [0.717, 1.165) is 0 Å². The van der Waals surface area contributed by atoms with E-state index in [4.69, 9.17) is 5.11 Å². The standard InChI is InChI=1S/C7H10O3S2/c1-4(8)5(6(9)10)7(11-2)12-3/h1-3H3,(H,9,10). The maximum Gasteiger partial charge on any atom is 0.341 e. The van der Waals surface area contributed by atoms with Gasteiger partial charge in [0.25, 0.3) is 0 Å². The van der Waals surface area contributed by atoms with Crippen LogP contribution in [0.1, 0.15) is 6.92 Å². The van der Waals surface area contributed by atoms with E-state index in [9.17, 15) is 9.59 Å². The van der Waals surface area contributed by atoms with Crippen molar-refractivity contribution in [2.24, 2.45) is 0 Å². The molecule has 0 unspecified atom stereocenters. The van der Waals surface area contributed by atoms with Crippen LogP contribution in [0.2, 0.25) is 0 Å². The second kappa shape index (κ2) is 5.27. The Kier molecular flexibility index (Phi) is 5.08. The summed E-state index contributed by atoms with van der Waals surface area (Å²) in [5.41, 5.74) is -0.116. The number of carbonyl (C=O) groups is 2. The molecule has 0 saturated carbocycles. The van der Waals surface area contributed by atoms with Gasteiger partial charge in [0.1, 0.15) is 5.57 Å².